The second-order valence-electron chi connectivity index (χ2n) is 12.0. The number of hydrogen-bond acceptors (Lipinski definition) is 4. The summed E-state index contributed by atoms with van der Waals surface area (Å²) in [5, 5.41) is 11.3. The number of phenolic OH excluding ortho intramolecular Hbond substituents is 1. The van der Waals surface area contributed by atoms with E-state index in [1.54, 1.807) is 13.2 Å². The number of benzene rings is 4. The molecule has 202 valence electrons. The van der Waals surface area contributed by atoms with Crippen LogP contribution in [0, 0.1) is 0 Å². The first-order chi connectivity index (χ1) is 18.4. The number of carbonyl (C=O) groups is 1. The van der Waals surface area contributed by atoms with Gasteiger partial charge < -0.3 is 14.6 Å². The highest BCUT2D eigenvalue weighted by Crippen LogP contribution is 2.43. The van der Waals surface area contributed by atoms with Crippen molar-refractivity contribution in [3.63, 3.8) is 0 Å². The summed E-state index contributed by atoms with van der Waals surface area (Å²) in [5.74, 6) is 1.59. The maximum Gasteiger partial charge on any atom is 0.174 e. The van der Waals surface area contributed by atoms with Crippen molar-refractivity contribution >= 4 is 5.78 Å². The summed E-state index contributed by atoms with van der Waals surface area (Å²) in [6.07, 6.45) is 0. The molecule has 0 aliphatic heterocycles. The molecular weight excluding hydrogens is 484 g/mol. The maximum absolute atomic E-state index is 14.3. The molecule has 0 aromatic heterocycles. The molecule has 0 spiro atoms. The van der Waals surface area contributed by atoms with Gasteiger partial charge in [-0.3, -0.25) is 4.79 Å². The predicted octanol–water partition coefficient (Wildman–Crippen LogP) is 8.80. The van der Waals surface area contributed by atoms with E-state index in [-0.39, 0.29) is 22.4 Å². The summed E-state index contributed by atoms with van der Waals surface area (Å²) >= 11 is 0. The van der Waals surface area contributed by atoms with Gasteiger partial charge in [-0.1, -0.05) is 96.1 Å². The molecule has 4 aromatic rings. The van der Waals surface area contributed by atoms with Crippen LogP contribution in [0.15, 0.2) is 91.0 Å². The van der Waals surface area contributed by atoms with Crippen molar-refractivity contribution in [1.82, 2.24) is 0 Å². The lowest BCUT2D eigenvalue weighted by atomic mass is 9.75. The number of carbonyl (C=O) groups excluding carboxylic acids is 1. The molecule has 1 atom stereocenters. The van der Waals surface area contributed by atoms with E-state index in [1.807, 2.05) is 84.9 Å². The average molecular weight is 523 g/mol. The number of methoxy groups -OCH3 is 1. The standard InChI is InChI=1S/C35H38O4/c1-34(2,3)29-21-25(22-30(33(29)37)35(4,5)6)31(32(36)24-14-12-17-27(20-24)38-7)23-13-11-18-28(19-23)39-26-15-9-8-10-16-26/h8-22,31,37H,1-7H3. The Balaban J connectivity index is 1.93. The van der Waals surface area contributed by atoms with E-state index in [0.29, 0.717) is 17.1 Å². The molecule has 1 unspecified atom stereocenters. The monoisotopic (exact) mass is 522 g/mol. The van der Waals surface area contributed by atoms with Crippen LogP contribution in [0.2, 0.25) is 0 Å². The molecule has 0 fully saturated rings. The zero-order valence-corrected chi connectivity index (χ0v) is 23.9. The fourth-order valence-electron chi connectivity index (χ4n) is 4.79. The zero-order chi connectivity index (χ0) is 28.4. The number of Topliss-reactive ketones (excluding diaryl/α,β-unsaturated/α-hetero) is 1. The number of aromatic hydroxyl groups is 1. The van der Waals surface area contributed by atoms with Gasteiger partial charge in [0.2, 0.25) is 0 Å². The Morgan fingerprint density at radius 3 is 1.82 bits per heavy atom. The smallest absolute Gasteiger partial charge is 0.174 e. The van der Waals surface area contributed by atoms with Gasteiger partial charge in [-0.25, -0.2) is 0 Å². The van der Waals surface area contributed by atoms with Gasteiger partial charge in [-0.15, -0.1) is 0 Å². The third-order valence-electron chi connectivity index (χ3n) is 6.87. The van der Waals surface area contributed by atoms with Gasteiger partial charge in [-0.2, -0.15) is 0 Å². The van der Waals surface area contributed by atoms with E-state index in [4.69, 9.17) is 9.47 Å². The molecule has 4 rings (SSSR count). The van der Waals surface area contributed by atoms with E-state index in [9.17, 15) is 9.90 Å². The quantitative estimate of drug-likeness (QED) is 0.246. The number of rotatable bonds is 7. The fraction of sp³-hybridized carbons (Fsp3) is 0.286. The molecule has 1 N–H and O–H groups in total. The fourth-order valence-corrected chi connectivity index (χ4v) is 4.79. The number of ether oxygens (including phenoxy) is 2. The van der Waals surface area contributed by atoms with E-state index in [1.165, 1.54) is 0 Å². The lowest BCUT2D eigenvalue weighted by molar-refractivity contribution is 0.0973. The summed E-state index contributed by atoms with van der Waals surface area (Å²) in [7, 11) is 1.59. The van der Waals surface area contributed by atoms with E-state index in [2.05, 4.69) is 41.5 Å². The Morgan fingerprint density at radius 2 is 1.23 bits per heavy atom. The Kier molecular flexibility index (Phi) is 7.87. The summed E-state index contributed by atoms with van der Waals surface area (Å²) < 4.78 is 11.6. The number of para-hydroxylation sites is 1. The van der Waals surface area contributed by atoms with Gasteiger partial charge in [0.1, 0.15) is 23.0 Å². The van der Waals surface area contributed by atoms with Gasteiger partial charge in [0, 0.05) is 5.56 Å². The van der Waals surface area contributed by atoms with Gasteiger partial charge in [-0.05, 0) is 69.5 Å². The molecule has 0 saturated heterocycles. The number of hydrogen-bond donors (Lipinski definition) is 1. The van der Waals surface area contributed by atoms with Crippen LogP contribution in [0.1, 0.15) is 80.1 Å². The minimum Gasteiger partial charge on any atom is -0.507 e. The van der Waals surface area contributed by atoms with Crippen LogP contribution in [-0.4, -0.2) is 18.0 Å². The highest BCUT2D eigenvalue weighted by Gasteiger charge is 2.31. The van der Waals surface area contributed by atoms with Crippen LogP contribution >= 0.6 is 0 Å². The maximum atomic E-state index is 14.3. The Labute approximate surface area is 232 Å². The van der Waals surface area contributed by atoms with Crippen molar-refractivity contribution < 1.29 is 19.4 Å². The first-order valence-corrected chi connectivity index (χ1v) is 13.3. The second-order valence-corrected chi connectivity index (χ2v) is 12.0. The molecule has 0 aliphatic carbocycles. The second kappa shape index (κ2) is 11.0. The van der Waals surface area contributed by atoms with Crippen LogP contribution in [0.4, 0.5) is 0 Å². The van der Waals surface area contributed by atoms with E-state index < -0.39 is 5.92 Å². The number of phenols is 1. The molecular formula is C35H38O4. The summed E-state index contributed by atoms with van der Waals surface area (Å²) in [4.78, 5) is 14.3. The van der Waals surface area contributed by atoms with Crippen molar-refractivity contribution in [2.24, 2.45) is 0 Å². The summed E-state index contributed by atoms with van der Waals surface area (Å²) in [6.45, 7) is 12.4. The molecule has 4 aromatic carbocycles. The molecule has 0 amide bonds. The van der Waals surface area contributed by atoms with Crippen molar-refractivity contribution in [2.75, 3.05) is 7.11 Å². The normalized spacial score (nSPS) is 12.6. The van der Waals surface area contributed by atoms with Crippen molar-refractivity contribution in [3.8, 4) is 23.0 Å². The molecule has 0 saturated carbocycles. The third-order valence-corrected chi connectivity index (χ3v) is 6.87. The SMILES string of the molecule is COc1cccc(C(=O)C(c2cccc(Oc3ccccc3)c2)c2cc(C(C)(C)C)c(O)c(C(C)(C)C)c2)c1. The minimum absolute atomic E-state index is 0.0591. The lowest BCUT2D eigenvalue weighted by Crippen LogP contribution is -2.21. The van der Waals surface area contributed by atoms with Gasteiger partial charge >= 0.3 is 0 Å². The molecule has 0 heterocycles. The Bertz CT molecular complexity index is 1420. The first-order valence-electron chi connectivity index (χ1n) is 13.3. The topological polar surface area (TPSA) is 55.8 Å². The van der Waals surface area contributed by atoms with Gasteiger partial charge in [0.05, 0.1) is 13.0 Å². The Hall–Kier alpha value is -4.05. The molecule has 0 aliphatic rings. The van der Waals surface area contributed by atoms with Crippen LogP contribution < -0.4 is 9.47 Å². The summed E-state index contributed by atoms with van der Waals surface area (Å²) in [5.41, 5.74) is 3.14. The third kappa shape index (κ3) is 6.34. The molecule has 4 nitrogen and oxygen atoms in total. The van der Waals surface area contributed by atoms with Crippen LogP contribution in [0.3, 0.4) is 0 Å². The predicted molar refractivity (Wildman–Crippen MR) is 158 cm³/mol. The zero-order valence-electron chi connectivity index (χ0n) is 23.9. The molecule has 4 heteroatoms. The van der Waals surface area contributed by atoms with E-state index in [0.717, 1.165) is 28.0 Å². The highest BCUT2D eigenvalue weighted by molar-refractivity contribution is 6.03. The van der Waals surface area contributed by atoms with Gasteiger partial charge in [0.15, 0.2) is 5.78 Å². The average Bonchev–Trinajstić information content (AvgIpc) is 2.89. The van der Waals surface area contributed by atoms with Crippen LogP contribution in [0.5, 0.6) is 23.0 Å². The largest absolute Gasteiger partial charge is 0.507 e. The minimum atomic E-state index is -0.626. The molecule has 39 heavy (non-hydrogen) atoms. The van der Waals surface area contributed by atoms with Crippen LogP contribution in [-0.2, 0) is 10.8 Å². The van der Waals surface area contributed by atoms with Crippen molar-refractivity contribution in [3.05, 3.63) is 119 Å². The first kappa shape index (κ1) is 28.0. The lowest BCUT2D eigenvalue weighted by Gasteiger charge is -2.30. The van der Waals surface area contributed by atoms with Crippen molar-refractivity contribution in [2.45, 2.75) is 58.3 Å². The van der Waals surface area contributed by atoms with Gasteiger partial charge in [0.25, 0.3) is 0 Å². The molecule has 0 radical (unpaired) electrons. The number of ketones is 1. The highest BCUT2D eigenvalue weighted by atomic mass is 16.5. The van der Waals surface area contributed by atoms with E-state index >= 15 is 0 Å². The summed E-state index contributed by atoms with van der Waals surface area (Å²) in [6, 6.07) is 28.5. The van der Waals surface area contributed by atoms with Crippen LogP contribution in [0.25, 0.3) is 0 Å². The van der Waals surface area contributed by atoms with Crippen molar-refractivity contribution in [1.29, 1.82) is 0 Å². The molecule has 0 bridgehead atoms. The Morgan fingerprint density at radius 1 is 0.667 bits per heavy atom.